The molecular formula is C38H48O24. The van der Waals surface area contributed by atoms with E-state index < -0.39 is 136 Å². The Labute approximate surface area is 350 Å². The summed E-state index contributed by atoms with van der Waals surface area (Å²) in [6.45, 7) is -0.125. The molecule has 2 aromatic carbocycles. The lowest BCUT2D eigenvalue weighted by molar-refractivity contribution is -0.325. The van der Waals surface area contributed by atoms with Crippen molar-refractivity contribution < 1.29 is 118 Å². The summed E-state index contributed by atoms with van der Waals surface area (Å²) in [7, 11) is 2.53. The van der Waals surface area contributed by atoms with Crippen LogP contribution in [0.4, 0.5) is 0 Å². The molecule has 2 aromatic rings. The summed E-state index contributed by atoms with van der Waals surface area (Å²) in [6.07, 6.45) is -26.9. The summed E-state index contributed by atoms with van der Waals surface area (Å²) >= 11 is 0. The minimum Gasteiger partial charge on any atom is -0.508 e. The fraction of sp³-hybridized carbons (Fsp3) is 0.579. The fourth-order valence-electron chi connectivity index (χ4n) is 7.11. The van der Waals surface area contributed by atoms with Crippen LogP contribution in [0, 0.1) is 0 Å². The van der Waals surface area contributed by atoms with Gasteiger partial charge in [-0.25, -0.2) is 0 Å². The molecule has 4 heterocycles. The third kappa shape index (κ3) is 9.57. The van der Waals surface area contributed by atoms with Crippen molar-refractivity contribution in [3.8, 4) is 34.5 Å². The molecule has 0 bridgehead atoms. The first-order valence-corrected chi connectivity index (χ1v) is 18.9. The Kier molecular flexibility index (Phi) is 14.5. The number of carboxylic acids is 1. The van der Waals surface area contributed by atoms with Gasteiger partial charge in [-0.05, 0) is 25.1 Å². The van der Waals surface area contributed by atoms with E-state index in [9.17, 15) is 65.8 Å². The number of phenols is 2. The first kappa shape index (κ1) is 46.7. The van der Waals surface area contributed by atoms with Crippen molar-refractivity contribution >= 4 is 18.0 Å². The van der Waals surface area contributed by atoms with Crippen molar-refractivity contribution in [2.75, 3.05) is 27.4 Å². The van der Waals surface area contributed by atoms with E-state index in [1.165, 1.54) is 45.4 Å². The Morgan fingerprint density at radius 1 is 0.694 bits per heavy atom. The van der Waals surface area contributed by atoms with Gasteiger partial charge in [0.25, 0.3) is 0 Å². The average molecular weight is 889 g/mol. The lowest BCUT2D eigenvalue weighted by Crippen LogP contribution is -2.61. The van der Waals surface area contributed by atoms with E-state index in [1.54, 1.807) is 0 Å². The van der Waals surface area contributed by atoms with Crippen molar-refractivity contribution in [1.82, 2.24) is 0 Å². The highest BCUT2D eigenvalue weighted by molar-refractivity contribution is 5.90. The molecule has 12 N–H and O–H groups in total. The summed E-state index contributed by atoms with van der Waals surface area (Å²) < 4.78 is 56.4. The summed E-state index contributed by atoms with van der Waals surface area (Å²) in [5.74, 6) is -4.29. The predicted molar refractivity (Wildman–Crippen MR) is 197 cm³/mol. The van der Waals surface area contributed by atoms with Gasteiger partial charge in [0.05, 0.1) is 39.1 Å². The van der Waals surface area contributed by atoms with Crippen molar-refractivity contribution in [3.05, 3.63) is 41.2 Å². The molecule has 0 aliphatic carbocycles. The van der Waals surface area contributed by atoms with Gasteiger partial charge >= 0.3 is 11.9 Å². The second-order valence-electron chi connectivity index (χ2n) is 14.7. The van der Waals surface area contributed by atoms with Gasteiger partial charge in [-0.15, -0.1) is 0 Å². The van der Waals surface area contributed by atoms with Crippen LogP contribution in [0.3, 0.4) is 0 Å². The Balaban J connectivity index is 1.29. The van der Waals surface area contributed by atoms with Crippen molar-refractivity contribution in [2.24, 2.45) is 0 Å². The molecule has 24 heteroatoms. The zero-order valence-corrected chi connectivity index (χ0v) is 33.0. The zero-order chi connectivity index (χ0) is 45.3. The quantitative estimate of drug-likeness (QED) is 0.0646. The zero-order valence-electron chi connectivity index (χ0n) is 33.0. The van der Waals surface area contributed by atoms with Crippen LogP contribution in [0.1, 0.15) is 30.6 Å². The average Bonchev–Trinajstić information content (AvgIpc) is 3.23. The number of aliphatic hydroxyl groups is 9. The Hall–Kier alpha value is -4.80. The van der Waals surface area contributed by atoms with E-state index in [0.717, 1.165) is 6.07 Å². The van der Waals surface area contributed by atoms with Crippen LogP contribution in [0.15, 0.2) is 30.0 Å². The smallest absolute Gasteiger partial charge is 0.317 e. The highest BCUT2D eigenvalue weighted by atomic mass is 16.7. The molecule has 0 saturated carbocycles. The summed E-state index contributed by atoms with van der Waals surface area (Å²) in [5.41, 5.74) is 0.152. The van der Waals surface area contributed by atoms with Crippen molar-refractivity contribution in [2.45, 2.75) is 112 Å². The van der Waals surface area contributed by atoms with Gasteiger partial charge in [-0.3, -0.25) is 9.59 Å². The number of rotatable bonds is 14. The highest BCUT2D eigenvalue weighted by Crippen LogP contribution is 2.48. The van der Waals surface area contributed by atoms with Crippen LogP contribution in [-0.4, -0.2) is 193 Å². The minimum atomic E-state index is -1.99. The van der Waals surface area contributed by atoms with Crippen LogP contribution < -0.4 is 18.9 Å². The molecule has 0 spiro atoms. The molecule has 344 valence electrons. The first-order chi connectivity index (χ1) is 29.4. The molecule has 24 nitrogen and oxygen atoms in total. The molecule has 62 heavy (non-hydrogen) atoms. The molecular weight excluding hydrogens is 840 g/mol. The van der Waals surface area contributed by atoms with Crippen LogP contribution in [0.2, 0.25) is 0 Å². The second kappa shape index (κ2) is 19.3. The summed E-state index contributed by atoms with van der Waals surface area (Å²) in [6, 6.07) is 4.93. The Bertz CT molecular complexity index is 1920. The number of phenolic OH excluding ortho intramolecular Hbond substituents is 2. The number of methoxy groups -OCH3 is 2. The van der Waals surface area contributed by atoms with Crippen LogP contribution >= 0.6 is 0 Å². The lowest BCUT2D eigenvalue weighted by atomic mass is 9.97. The standard InChI is InChI=1S/C38H48O24/c1-12-34(62-24(43)9-23(41)42)30(49)33(52)36(56-12)55-11-22-27(46)29(48)32(51)38(61-22)59-20-8-15-16(57-35(20)13-4-18(53-2)25(44)19(5-13)54-3)6-14(40)7-17(15)58-37-31(50)28(47)26(45)21(10-39)60-37/h4-8,12,21-22,26-40,44-52H,9-11H2,1-3H3,(H,41,42)/t12-,21-,22+,26-,27-,28+,29+,30+,31-,32-,33-,34+,35?,36-,37-,38-/m1/s1. The molecule has 6 rings (SSSR count). The summed E-state index contributed by atoms with van der Waals surface area (Å²) in [4.78, 5) is 22.8. The molecule has 0 radical (unpaired) electrons. The normalized spacial score (nSPS) is 35.7. The molecule has 0 aromatic heterocycles. The highest BCUT2D eigenvalue weighted by Gasteiger charge is 2.50. The first-order valence-electron chi connectivity index (χ1n) is 18.9. The van der Waals surface area contributed by atoms with Gasteiger partial charge in [0.2, 0.25) is 18.3 Å². The minimum absolute atomic E-state index is 0.0162. The topological polar surface area (TPSA) is 369 Å². The van der Waals surface area contributed by atoms with E-state index in [1.807, 2.05) is 0 Å². The number of hydrogen-bond acceptors (Lipinski definition) is 23. The Morgan fingerprint density at radius 2 is 1.27 bits per heavy atom. The van der Waals surface area contributed by atoms with Crippen LogP contribution in [-0.2, 0) is 38.0 Å². The van der Waals surface area contributed by atoms with E-state index in [0.29, 0.717) is 0 Å². The van der Waals surface area contributed by atoms with Crippen molar-refractivity contribution in [1.29, 1.82) is 0 Å². The number of benzene rings is 2. The van der Waals surface area contributed by atoms with Gasteiger partial charge in [-0.2, -0.15) is 0 Å². The molecule has 0 amide bonds. The van der Waals surface area contributed by atoms with Gasteiger partial charge in [0.15, 0.2) is 30.0 Å². The molecule has 3 saturated heterocycles. The number of fused-ring (bicyclic) bond motifs is 1. The fourth-order valence-corrected chi connectivity index (χ4v) is 7.11. The van der Waals surface area contributed by atoms with Gasteiger partial charge in [0.1, 0.15) is 90.5 Å². The number of carbonyl (C=O) groups excluding carboxylic acids is 1. The number of ether oxygens (including phenoxy) is 10. The van der Waals surface area contributed by atoms with Crippen LogP contribution in [0.25, 0.3) is 6.08 Å². The number of hydrogen-bond donors (Lipinski definition) is 12. The number of aromatic hydroxyl groups is 2. The number of carboxylic acid groups (broad SMARTS) is 1. The monoisotopic (exact) mass is 888 g/mol. The molecule has 16 atom stereocenters. The number of carbonyl (C=O) groups is 2. The summed E-state index contributed by atoms with van der Waals surface area (Å²) in [5, 5.41) is 126. The third-order valence-electron chi connectivity index (χ3n) is 10.5. The second-order valence-corrected chi connectivity index (χ2v) is 14.7. The van der Waals surface area contributed by atoms with Gasteiger partial charge in [-0.1, -0.05) is 0 Å². The Morgan fingerprint density at radius 3 is 1.87 bits per heavy atom. The number of aliphatic hydroxyl groups excluding tert-OH is 9. The van der Waals surface area contributed by atoms with E-state index >= 15 is 0 Å². The molecule has 4 aliphatic heterocycles. The van der Waals surface area contributed by atoms with E-state index in [-0.39, 0.29) is 45.6 Å². The predicted octanol–water partition coefficient (Wildman–Crippen LogP) is -3.54. The van der Waals surface area contributed by atoms with Gasteiger partial charge < -0.3 is 109 Å². The van der Waals surface area contributed by atoms with E-state index in [4.69, 9.17) is 52.5 Å². The third-order valence-corrected chi connectivity index (χ3v) is 10.5. The SMILES string of the molecule is COc1cc(C2Oc3cc(O)cc(O[C@@H]4O[C@H](CO)[C@@H](O)[C@H](O)[C@H]4O)c3C=C2O[C@@H]2O[C@@H](CO[C@@H]3O[C@H](C)[C@H](OC(=O)CC(=O)O)[C@@H](O)[C@H]3O)[C@@H](O)[C@H](O)[C@H]2O)cc(OC)c1O. The van der Waals surface area contributed by atoms with Gasteiger partial charge in [0, 0.05) is 17.7 Å². The number of aliphatic carboxylic acids is 1. The molecule has 4 aliphatic rings. The largest absolute Gasteiger partial charge is 0.508 e. The maximum Gasteiger partial charge on any atom is 0.317 e. The van der Waals surface area contributed by atoms with E-state index in [2.05, 4.69) is 0 Å². The van der Waals surface area contributed by atoms with Crippen LogP contribution in [0.5, 0.6) is 34.5 Å². The molecule has 3 fully saturated rings. The maximum atomic E-state index is 11.9. The van der Waals surface area contributed by atoms with Crippen molar-refractivity contribution in [3.63, 3.8) is 0 Å². The maximum absolute atomic E-state index is 11.9. The molecule has 1 unspecified atom stereocenters. The number of esters is 1. The lowest BCUT2D eigenvalue weighted by Gasteiger charge is -2.43.